The summed E-state index contributed by atoms with van der Waals surface area (Å²) in [6.07, 6.45) is 0. The molecule has 0 aliphatic rings. The van der Waals surface area contributed by atoms with Crippen LogP contribution in [0.1, 0.15) is 59.7 Å². The third-order valence-electron chi connectivity index (χ3n) is 5.65. The van der Waals surface area contributed by atoms with Crippen molar-refractivity contribution in [1.82, 2.24) is 20.1 Å². The second-order valence-corrected chi connectivity index (χ2v) is 9.70. The Labute approximate surface area is 205 Å². The van der Waals surface area contributed by atoms with E-state index in [9.17, 15) is 9.59 Å². The summed E-state index contributed by atoms with van der Waals surface area (Å²) >= 11 is 1.34. The van der Waals surface area contributed by atoms with Crippen LogP contribution in [0.25, 0.3) is 0 Å². The monoisotopic (exact) mass is 479 g/mol. The molecule has 0 unspecified atom stereocenters. The van der Waals surface area contributed by atoms with Crippen molar-refractivity contribution < 1.29 is 9.59 Å². The molecular formula is C26H33N5O2S. The van der Waals surface area contributed by atoms with Gasteiger partial charge in [0.15, 0.2) is 11.0 Å². The summed E-state index contributed by atoms with van der Waals surface area (Å²) in [5, 5.41) is 15.5. The van der Waals surface area contributed by atoms with E-state index < -0.39 is 0 Å². The van der Waals surface area contributed by atoms with Crippen LogP contribution in [-0.2, 0) is 11.3 Å². The van der Waals surface area contributed by atoms with Gasteiger partial charge in [-0.1, -0.05) is 61.5 Å². The lowest BCUT2D eigenvalue weighted by Gasteiger charge is -2.22. The second kappa shape index (κ2) is 11.3. The van der Waals surface area contributed by atoms with E-state index in [1.807, 2.05) is 82.5 Å². The second-order valence-electron chi connectivity index (χ2n) is 8.75. The average molecular weight is 480 g/mol. The number of nitrogens with one attached hydrogen (secondary N) is 2. The van der Waals surface area contributed by atoms with Crippen LogP contribution in [0.4, 0.5) is 5.69 Å². The number of carbonyl (C=O) groups is 2. The minimum atomic E-state index is -0.307. The summed E-state index contributed by atoms with van der Waals surface area (Å²) in [7, 11) is 0. The molecule has 8 heteroatoms. The topological polar surface area (TPSA) is 88.9 Å². The fourth-order valence-corrected chi connectivity index (χ4v) is 4.60. The lowest BCUT2D eigenvalue weighted by molar-refractivity contribution is -0.113. The highest BCUT2D eigenvalue weighted by molar-refractivity contribution is 7.99. The molecule has 7 nitrogen and oxygen atoms in total. The van der Waals surface area contributed by atoms with Gasteiger partial charge in [-0.15, -0.1) is 10.2 Å². The van der Waals surface area contributed by atoms with E-state index in [1.165, 1.54) is 11.8 Å². The van der Waals surface area contributed by atoms with Crippen LogP contribution in [0, 0.1) is 26.7 Å². The predicted octanol–water partition coefficient (Wildman–Crippen LogP) is 5.08. The standard InChI is InChI=1S/C26H33N5O2S/c1-7-31-24(22(16(2)3)28-25(33)20-13-8-10-17(4)14-20)29-30-26(31)34-15-21(32)27-23-18(5)11-9-12-19(23)6/h8-14,16,22H,7,15H2,1-6H3,(H,27,32)(H,28,33)/t22-/m1/s1. The van der Waals surface area contributed by atoms with Crippen LogP contribution < -0.4 is 10.6 Å². The van der Waals surface area contributed by atoms with Crippen molar-refractivity contribution in [2.24, 2.45) is 5.92 Å². The molecule has 34 heavy (non-hydrogen) atoms. The van der Waals surface area contributed by atoms with E-state index in [-0.39, 0.29) is 29.5 Å². The first kappa shape index (κ1) is 25.5. The molecule has 2 amide bonds. The summed E-state index contributed by atoms with van der Waals surface area (Å²) < 4.78 is 1.97. The molecule has 0 aliphatic heterocycles. The van der Waals surface area contributed by atoms with Gasteiger partial charge in [0, 0.05) is 17.8 Å². The molecule has 2 N–H and O–H groups in total. The highest BCUT2D eigenvalue weighted by Crippen LogP contribution is 2.26. The highest BCUT2D eigenvalue weighted by Gasteiger charge is 2.26. The van der Waals surface area contributed by atoms with Crippen molar-refractivity contribution in [2.45, 2.75) is 59.3 Å². The van der Waals surface area contributed by atoms with E-state index in [4.69, 9.17) is 0 Å². The summed E-state index contributed by atoms with van der Waals surface area (Å²) in [5.74, 6) is 0.774. The number of benzene rings is 2. The lowest BCUT2D eigenvalue weighted by Crippen LogP contribution is -2.33. The van der Waals surface area contributed by atoms with Crippen LogP contribution >= 0.6 is 11.8 Å². The quantitative estimate of drug-likeness (QED) is 0.418. The highest BCUT2D eigenvalue weighted by atomic mass is 32.2. The molecular weight excluding hydrogens is 446 g/mol. The Kier molecular flexibility index (Phi) is 8.50. The number of aromatic nitrogens is 3. The van der Waals surface area contributed by atoms with Crippen LogP contribution in [0.3, 0.4) is 0 Å². The number of carbonyl (C=O) groups excluding carboxylic acids is 2. The van der Waals surface area contributed by atoms with Crippen molar-refractivity contribution >= 4 is 29.3 Å². The van der Waals surface area contributed by atoms with Crippen LogP contribution in [0.2, 0.25) is 0 Å². The molecule has 2 aromatic carbocycles. The molecule has 0 aliphatic carbocycles. The zero-order valence-corrected chi connectivity index (χ0v) is 21.5. The van der Waals surface area contributed by atoms with Crippen LogP contribution in [0.15, 0.2) is 47.6 Å². The van der Waals surface area contributed by atoms with Gasteiger partial charge in [0.2, 0.25) is 5.91 Å². The fraction of sp³-hybridized carbons (Fsp3) is 0.385. The van der Waals surface area contributed by atoms with E-state index in [2.05, 4.69) is 20.8 Å². The molecule has 180 valence electrons. The maximum atomic E-state index is 12.9. The van der Waals surface area contributed by atoms with Crippen LogP contribution in [-0.4, -0.2) is 32.3 Å². The summed E-state index contributed by atoms with van der Waals surface area (Å²) in [4.78, 5) is 25.5. The predicted molar refractivity (Wildman–Crippen MR) is 137 cm³/mol. The third-order valence-corrected chi connectivity index (χ3v) is 6.62. The van der Waals surface area contributed by atoms with E-state index in [0.717, 1.165) is 22.4 Å². The van der Waals surface area contributed by atoms with Gasteiger partial charge in [-0.2, -0.15) is 0 Å². The molecule has 0 fully saturated rings. The Balaban J connectivity index is 1.73. The van der Waals surface area contributed by atoms with E-state index in [1.54, 1.807) is 6.07 Å². The Hall–Kier alpha value is -3.13. The number of hydrogen-bond acceptors (Lipinski definition) is 5. The summed E-state index contributed by atoms with van der Waals surface area (Å²) in [6, 6.07) is 13.1. The number of anilines is 1. The minimum Gasteiger partial charge on any atom is -0.342 e. The maximum absolute atomic E-state index is 12.9. The van der Waals surface area contributed by atoms with Crippen molar-refractivity contribution in [3.8, 4) is 0 Å². The van der Waals surface area contributed by atoms with E-state index >= 15 is 0 Å². The number of thioether (sulfide) groups is 1. The number of aryl methyl sites for hydroxylation is 3. The molecule has 0 saturated carbocycles. The molecule has 3 rings (SSSR count). The van der Waals surface area contributed by atoms with Crippen molar-refractivity contribution in [3.05, 3.63) is 70.5 Å². The van der Waals surface area contributed by atoms with Gasteiger partial charge in [0.25, 0.3) is 5.91 Å². The van der Waals surface area contributed by atoms with Gasteiger partial charge in [-0.25, -0.2) is 0 Å². The maximum Gasteiger partial charge on any atom is 0.251 e. The molecule has 1 atom stereocenters. The van der Waals surface area contributed by atoms with Gasteiger partial charge in [0.05, 0.1) is 11.8 Å². The summed E-state index contributed by atoms with van der Waals surface area (Å²) in [5.41, 5.74) is 4.56. The minimum absolute atomic E-state index is 0.0947. The zero-order chi connectivity index (χ0) is 24.8. The Morgan fingerprint density at radius 2 is 1.71 bits per heavy atom. The number of nitrogens with zero attached hydrogens (tertiary/aromatic N) is 3. The Morgan fingerprint density at radius 3 is 2.32 bits per heavy atom. The smallest absolute Gasteiger partial charge is 0.251 e. The normalized spacial score (nSPS) is 12.0. The molecule has 3 aromatic rings. The van der Waals surface area contributed by atoms with Crippen LogP contribution in [0.5, 0.6) is 0 Å². The van der Waals surface area contributed by atoms with Gasteiger partial charge in [0.1, 0.15) is 0 Å². The fourth-order valence-electron chi connectivity index (χ4n) is 3.79. The Bertz CT molecular complexity index is 1150. The largest absolute Gasteiger partial charge is 0.342 e. The first-order valence-corrected chi connectivity index (χ1v) is 12.5. The zero-order valence-electron chi connectivity index (χ0n) is 20.7. The van der Waals surface area contributed by atoms with Gasteiger partial charge < -0.3 is 15.2 Å². The van der Waals surface area contributed by atoms with Gasteiger partial charge in [-0.05, 0) is 56.9 Å². The molecule has 0 spiro atoms. The molecule has 0 bridgehead atoms. The number of para-hydroxylation sites is 1. The third kappa shape index (κ3) is 6.05. The number of hydrogen-bond donors (Lipinski definition) is 2. The van der Waals surface area contributed by atoms with Gasteiger partial charge >= 0.3 is 0 Å². The molecule has 0 saturated heterocycles. The lowest BCUT2D eigenvalue weighted by atomic mass is 10.0. The van der Waals surface area contributed by atoms with E-state index in [0.29, 0.717) is 23.1 Å². The van der Waals surface area contributed by atoms with Crippen molar-refractivity contribution in [1.29, 1.82) is 0 Å². The summed E-state index contributed by atoms with van der Waals surface area (Å²) in [6.45, 7) is 12.6. The van der Waals surface area contributed by atoms with Crippen molar-refractivity contribution in [3.63, 3.8) is 0 Å². The molecule has 1 aromatic heterocycles. The van der Waals surface area contributed by atoms with Crippen molar-refractivity contribution in [2.75, 3.05) is 11.1 Å². The number of amides is 2. The molecule has 0 radical (unpaired) electrons. The first-order valence-electron chi connectivity index (χ1n) is 11.5. The average Bonchev–Trinajstić information content (AvgIpc) is 3.20. The molecule has 1 heterocycles. The SMILES string of the molecule is CCn1c(SCC(=O)Nc2c(C)cccc2C)nnc1[C@H](NC(=O)c1cccc(C)c1)C(C)C. The van der Waals surface area contributed by atoms with Gasteiger partial charge in [-0.3, -0.25) is 9.59 Å². The number of rotatable bonds is 9. The first-order chi connectivity index (χ1) is 16.2. The Morgan fingerprint density at radius 1 is 1.03 bits per heavy atom.